The fraction of sp³-hybridized carbons (Fsp3) is 0.174. The van der Waals surface area contributed by atoms with Crippen LogP contribution in [0.5, 0.6) is 11.5 Å². The van der Waals surface area contributed by atoms with Crippen LogP contribution in [0.1, 0.15) is 26.5 Å². The molecule has 1 amide bonds. The first-order valence-electron chi connectivity index (χ1n) is 9.50. The van der Waals surface area contributed by atoms with E-state index in [4.69, 9.17) is 19.0 Å². The Morgan fingerprint density at radius 1 is 0.938 bits per heavy atom. The van der Waals surface area contributed by atoms with Crippen molar-refractivity contribution in [3.8, 4) is 22.8 Å². The Morgan fingerprint density at radius 3 is 2.22 bits per heavy atom. The second-order valence-corrected chi connectivity index (χ2v) is 6.80. The van der Waals surface area contributed by atoms with Crippen LogP contribution in [0.3, 0.4) is 0 Å². The van der Waals surface area contributed by atoms with Crippen LogP contribution in [-0.4, -0.2) is 48.3 Å². The maximum Gasteiger partial charge on any atom is 0.335 e. The van der Waals surface area contributed by atoms with Gasteiger partial charge in [0.15, 0.2) is 17.3 Å². The summed E-state index contributed by atoms with van der Waals surface area (Å²) in [6.07, 6.45) is 0.0195. The van der Waals surface area contributed by atoms with Crippen molar-refractivity contribution in [2.45, 2.75) is 12.5 Å². The minimum atomic E-state index is -1.20. The highest BCUT2D eigenvalue weighted by Gasteiger charge is 2.23. The number of methoxy groups -OCH3 is 2. The number of ether oxygens (including phenoxy) is 2. The molecule has 0 saturated heterocycles. The summed E-state index contributed by atoms with van der Waals surface area (Å²) in [6, 6.07) is 12.7. The molecular weight excluding hydrogens is 418 g/mol. The molecule has 0 radical (unpaired) electrons. The summed E-state index contributed by atoms with van der Waals surface area (Å²) in [5, 5.41) is 21.0. The van der Waals surface area contributed by atoms with Gasteiger partial charge in [0, 0.05) is 12.0 Å². The predicted molar refractivity (Wildman–Crippen MR) is 113 cm³/mol. The Bertz CT molecular complexity index is 1130. The van der Waals surface area contributed by atoms with Crippen LogP contribution in [0, 0.1) is 0 Å². The van der Waals surface area contributed by atoms with Gasteiger partial charge in [0.1, 0.15) is 11.8 Å². The second kappa shape index (κ2) is 9.69. The summed E-state index contributed by atoms with van der Waals surface area (Å²) in [5.74, 6) is -1.71. The van der Waals surface area contributed by atoms with Crippen molar-refractivity contribution in [1.82, 2.24) is 5.32 Å². The molecule has 3 rings (SSSR count). The van der Waals surface area contributed by atoms with Crippen LogP contribution in [0.4, 0.5) is 0 Å². The molecule has 1 atom stereocenters. The number of nitrogens with one attached hydrogen (secondary N) is 1. The molecule has 0 spiro atoms. The fourth-order valence-electron chi connectivity index (χ4n) is 3.06. The van der Waals surface area contributed by atoms with E-state index < -0.39 is 23.9 Å². The first kappa shape index (κ1) is 22.4. The van der Waals surface area contributed by atoms with Crippen molar-refractivity contribution >= 4 is 17.8 Å². The van der Waals surface area contributed by atoms with Crippen LogP contribution in [0.25, 0.3) is 11.3 Å². The third-order valence-corrected chi connectivity index (χ3v) is 4.74. The Kier molecular flexibility index (Phi) is 6.79. The molecule has 1 aromatic heterocycles. The molecule has 3 aromatic rings. The molecule has 3 N–H and O–H groups in total. The van der Waals surface area contributed by atoms with E-state index in [1.807, 2.05) is 0 Å². The quantitative estimate of drug-likeness (QED) is 0.463. The molecule has 0 bridgehead atoms. The topological polar surface area (TPSA) is 135 Å². The number of amides is 1. The average molecular weight is 439 g/mol. The lowest BCUT2D eigenvalue weighted by Gasteiger charge is -2.15. The minimum Gasteiger partial charge on any atom is -0.493 e. The van der Waals surface area contributed by atoms with Gasteiger partial charge in [0.05, 0.1) is 19.8 Å². The first-order valence-corrected chi connectivity index (χ1v) is 9.50. The van der Waals surface area contributed by atoms with Crippen molar-refractivity contribution in [2.24, 2.45) is 0 Å². The summed E-state index contributed by atoms with van der Waals surface area (Å²) in [4.78, 5) is 35.2. The third-order valence-electron chi connectivity index (χ3n) is 4.74. The van der Waals surface area contributed by atoms with E-state index in [0.717, 1.165) is 0 Å². The van der Waals surface area contributed by atoms with Gasteiger partial charge in [0.25, 0.3) is 5.91 Å². The SMILES string of the molecule is COc1ccc(C[C@H](NC(=O)c2ccc(-c3ccc(C(=O)O)cc3)o2)C(=O)O)cc1OC. The van der Waals surface area contributed by atoms with Gasteiger partial charge in [-0.2, -0.15) is 0 Å². The number of carboxylic acids is 2. The lowest BCUT2D eigenvalue weighted by Crippen LogP contribution is -2.42. The van der Waals surface area contributed by atoms with Gasteiger partial charge >= 0.3 is 11.9 Å². The predicted octanol–water partition coefficient (Wildman–Crippen LogP) is 3.09. The lowest BCUT2D eigenvalue weighted by atomic mass is 10.0. The molecular formula is C23H21NO8. The number of aliphatic carboxylic acids is 1. The van der Waals surface area contributed by atoms with E-state index in [2.05, 4.69) is 5.32 Å². The monoisotopic (exact) mass is 439 g/mol. The molecule has 32 heavy (non-hydrogen) atoms. The zero-order valence-electron chi connectivity index (χ0n) is 17.3. The first-order chi connectivity index (χ1) is 15.3. The second-order valence-electron chi connectivity index (χ2n) is 6.80. The normalized spacial score (nSPS) is 11.4. The van der Waals surface area contributed by atoms with Crippen LogP contribution in [0.15, 0.2) is 59.0 Å². The van der Waals surface area contributed by atoms with E-state index in [-0.39, 0.29) is 17.7 Å². The largest absolute Gasteiger partial charge is 0.493 e. The van der Waals surface area contributed by atoms with Gasteiger partial charge in [-0.05, 0) is 42.0 Å². The van der Waals surface area contributed by atoms with Gasteiger partial charge in [-0.1, -0.05) is 18.2 Å². The Balaban J connectivity index is 1.73. The standard InChI is InChI=1S/C23H21NO8/c1-30-18-8-3-13(12-20(18)31-2)11-16(23(28)29)24-21(25)19-10-9-17(32-19)14-4-6-15(7-5-14)22(26)27/h3-10,12,16H,11H2,1-2H3,(H,24,25)(H,26,27)(H,28,29)/t16-/m0/s1. The Labute approximate surface area is 183 Å². The summed E-state index contributed by atoms with van der Waals surface area (Å²) in [7, 11) is 2.97. The number of benzene rings is 2. The van der Waals surface area contributed by atoms with Gasteiger partial charge < -0.3 is 29.4 Å². The molecule has 0 saturated carbocycles. The molecule has 2 aromatic carbocycles. The van der Waals surface area contributed by atoms with Crippen LogP contribution in [-0.2, 0) is 11.2 Å². The molecule has 9 heteroatoms. The van der Waals surface area contributed by atoms with Gasteiger partial charge in [-0.15, -0.1) is 0 Å². The zero-order valence-corrected chi connectivity index (χ0v) is 17.3. The number of carboxylic acid groups (broad SMARTS) is 2. The number of hydrogen-bond donors (Lipinski definition) is 3. The van der Waals surface area contributed by atoms with Crippen LogP contribution >= 0.6 is 0 Å². The Hall–Kier alpha value is -4.27. The lowest BCUT2D eigenvalue weighted by molar-refractivity contribution is -0.139. The van der Waals surface area contributed by atoms with E-state index >= 15 is 0 Å². The minimum absolute atomic E-state index is 0.0195. The zero-order chi connectivity index (χ0) is 23.3. The number of carbonyl (C=O) groups excluding carboxylic acids is 1. The molecule has 0 fully saturated rings. The smallest absolute Gasteiger partial charge is 0.335 e. The highest BCUT2D eigenvalue weighted by atomic mass is 16.5. The fourth-order valence-corrected chi connectivity index (χ4v) is 3.06. The molecule has 0 aliphatic heterocycles. The number of aromatic carboxylic acids is 1. The van der Waals surface area contributed by atoms with Crippen molar-refractivity contribution in [2.75, 3.05) is 14.2 Å². The van der Waals surface area contributed by atoms with Crippen LogP contribution in [0.2, 0.25) is 0 Å². The van der Waals surface area contributed by atoms with Gasteiger partial charge in [0.2, 0.25) is 0 Å². The van der Waals surface area contributed by atoms with E-state index in [1.54, 1.807) is 36.4 Å². The van der Waals surface area contributed by atoms with Crippen molar-refractivity contribution in [3.05, 3.63) is 71.5 Å². The molecule has 9 nitrogen and oxygen atoms in total. The molecule has 1 heterocycles. The number of furan rings is 1. The maximum absolute atomic E-state index is 12.6. The average Bonchev–Trinajstić information content (AvgIpc) is 3.29. The van der Waals surface area contributed by atoms with Crippen molar-refractivity contribution < 1.29 is 38.5 Å². The van der Waals surface area contributed by atoms with Crippen molar-refractivity contribution in [1.29, 1.82) is 0 Å². The highest BCUT2D eigenvalue weighted by Crippen LogP contribution is 2.28. The van der Waals surface area contributed by atoms with Crippen LogP contribution < -0.4 is 14.8 Å². The van der Waals surface area contributed by atoms with Gasteiger partial charge in [-0.25, -0.2) is 9.59 Å². The molecule has 0 aliphatic rings. The number of carbonyl (C=O) groups is 3. The molecule has 0 unspecified atom stereocenters. The van der Waals surface area contributed by atoms with Crippen molar-refractivity contribution in [3.63, 3.8) is 0 Å². The van der Waals surface area contributed by atoms with Gasteiger partial charge in [-0.3, -0.25) is 4.79 Å². The molecule has 166 valence electrons. The highest BCUT2D eigenvalue weighted by molar-refractivity contribution is 5.95. The molecule has 0 aliphatic carbocycles. The summed E-state index contributed by atoms with van der Waals surface area (Å²) in [5.41, 5.74) is 1.33. The maximum atomic E-state index is 12.6. The summed E-state index contributed by atoms with van der Waals surface area (Å²) < 4.78 is 15.9. The Morgan fingerprint density at radius 2 is 1.62 bits per heavy atom. The number of hydrogen-bond acceptors (Lipinski definition) is 6. The summed E-state index contributed by atoms with van der Waals surface area (Å²) >= 11 is 0. The summed E-state index contributed by atoms with van der Waals surface area (Å²) in [6.45, 7) is 0. The van der Waals surface area contributed by atoms with E-state index in [0.29, 0.717) is 28.4 Å². The third kappa shape index (κ3) is 5.07. The van der Waals surface area contributed by atoms with E-state index in [9.17, 15) is 19.5 Å². The van der Waals surface area contributed by atoms with E-state index in [1.165, 1.54) is 32.4 Å². The number of rotatable bonds is 9.